The van der Waals surface area contributed by atoms with Gasteiger partial charge in [0.1, 0.15) is 4.90 Å². The van der Waals surface area contributed by atoms with E-state index in [0.717, 1.165) is 11.9 Å². The molecule has 0 amide bonds. The average Bonchev–Trinajstić information content (AvgIpc) is 2.58. The first-order valence-corrected chi connectivity index (χ1v) is 6.19. The molecular formula is C10H12N2O2S. The zero-order valence-electron chi connectivity index (χ0n) is 8.34. The van der Waals surface area contributed by atoms with Crippen molar-refractivity contribution in [1.82, 2.24) is 4.57 Å². The quantitative estimate of drug-likeness (QED) is 0.835. The highest BCUT2D eigenvalue weighted by Gasteiger charge is 2.14. The molecule has 2 aromatic rings. The van der Waals surface area contributed by atoms with Crippen molar-refractivity contribution in [3.8, 4) is 0 Å². The summed E-state index contributed by atoms with van der Waals surface area (Å²) >= 11 is 0. The number of nitrogens with zero attached hydrogens (tertiary/aromatic N) is 1. The van der Waals surface area contributed by atoms with Crippen LogP contribution in [0.5, 0.6) is 0 Å². The second-order valence-electron chi connectivity index (χ2n) is 3.34. The van der Waals surface area contributed by atoms with Gasteiger partial charge in [0.25, 0.3) is 0 Å². The van der Waals surface area contributed by atoms with Crippen molar-refractivity contribution in [2.24, 2.45) is 5.14 Å². The number of fused-ring (bicyclic) bond motifs is 1. The van der Waals surface area contributed by atoms with Gasteiger partial charge in [-0.3, -0.25) is 0 Å². The normalized spacial score (nSPS) is 12.1. The first-order valence-electron chi connectivity index (χ1n) is 4.64. The van der Waals surface area contributed by atoms with Gasteiger partial charge < -0.3 is 4.57 Å². The van der Waals surface area contributed by atoms with Crippen LogP contribution in [-0.2, 0) is 16.6 Å². The Balaban J connectivity index is 2.90. The Hall–Kier alpha value is -1.33. The molecule has 0 spiro atoms. The SMILES string of the molecule is CCn1ccc2cccc(S(N)(=O)=O)c21. The molecule has 2 N–H and O–H groups in total. The number of para-hydroxylation sites is 1. The third-order valence-electron chi connectivity index (χ3n) is 2.40. The Labute approximate surface area is 88.4 Å². The maximum atomic E-state index is 11.4. The second-order valence-corrected chi connectivity index (χ2v) is 4.87. The molecule has 0 saturated carbocycles. The van der Waals surface area contributed by atoms with Crippen molar-refractivity contribution < 1.29 is 8.42 Å². The molecular weight excluding hydrogens is 212 g/mol. The predicted molar refractivity (Wildman–Crippen MR) is 59.0 cm³/mol. The van der Waals surface area contributed by atoms with Crippen molar-refractivity contribution >= 4 is 20.9 Å². The predicted octanol–water partition coefficient (Wildman–Crippen LogP) is 1.31. The fourth-order valence-electron chi connectivity index (χ4n) is 1.72. The van der Waals surface area contributed by atoms with Gasteiger partial charge in [0.2, 0.25) is 10.0 Å². The maximum Gasteiger partial charge on any atom is 0.240 e. The Morgan fingerprint density at radius 3 is 2.67 bits per heavy atom. The summed E-state index contributed by atoms with van der Waals surface area (Å²) in [6.07, 6.45) is 1.86. The third kappa shape index (κ3) is 1.64. The lowest BCUT2D eigenvalue weighted by Crippen LogP contribution is -2.13. The zero-order valence-corrected chi connectivity index (χ0v) is 9.16. The van der Waals surface area contributed by atoms with Gasteiger partial charge in [-0.2, -0.15) is 0 Å². The first kappa shape index (κ1) is 10.2. The number of primary sulfonamides is 1. The average molecular weight is 224 g/mol. The smallest absolute Gasteiger partial charge is 0.240 e. The van der Waals surface area contributed by atoms with Crippen LogP contribution in [0.15, 0.2) is 35.4 Å². The zero-order chi connectivity index (χ0) is 11.1. The summed E-state index contributed by atoms with van der Waals surface area (Å²) < 4.78 is 24.6. The molecule has 0 unspecified atom stereocenters. The minimum absolute atomic E-state index is 0.187. The molecule has 0 aliphatic heterocycles. The van der Waals surface area contributed by atoms with Crippen molar-refractivity contribution in [3.05, 3.63) is 30.5 Å². The molecule has 0 aliphatic rings. The van der Waals surface area contributed by atoms with E-state index in [1.165, 1.54) is 6.07 Å². The van der Waals surface area contributed by atoms with Gasteiger partial charge in [0.05, 0.1) is 5.52 Å². The van der Waals surface area contributed by atoms with Gasteiger partial charge in [0, 0.05) is 18.1 Å². The molecule has 80 valence electrons. The summed E-state index contributed by atoms with van der Waals surface area (Å²) in [5.74, 6) is 0. The summed E-state index contributed by atoms with van der Waals surface area (Å²) in [5, 5.41) is 6.06. The van der Waals surface area contributed by atoms with Crippen molar-refractivity contribution in [3.63, 3.8) is 0 Å². The maximum absolute atomic E-state index is 11.4. The van der Waals surface area contributed by atoms with E-state index in [9.17, 15) is 8.42 Å². The standard InChI is InChI=1S/C10H12N2O2S/c1-2-12-7-6-8-4-3-5-9(10(8)12)15(11,13)14/h3-7H,2H2,1H3,(H2,11,13,14). The van der Waals surface area contributed by atoms with Crippen LogP contribution in [0.1, 0.15) is 6.92 Å². The van der Waals surface area contributed by atoms with Gasteiger partial charge >= 0.3 is 0 Å². The number of rotatable bonds is 2. The molecule has 0 bridgehead atoms. The fourth-order valence-corrected chi connectivity index (χ4v) is 2.49. The van der Waals surface area contributed by atoms with Crippen LogP contribution >= 0.6 is 0 Å². The Kier molecular flexibility index (Phi) is 2.28. The van der Waals surface area contributed by atoms with Gasteiger partial charge in [-0.05, 0) is 19.1 Å². The minimum Gasteiger partial charge on any atom is -0.347 e. The summed E-state index contributed by atoms with van der Waals surface area (Å²) in [4.78, 5) is 0.187. The van der Waals surface area contributed by atoms with E-state index < -0.39 is 10.0 Å². The molecule has 0 atom stereocenters. The van der Waals surface area contributed by atoms with Crippen molar-refractivity contribution in [1.29, 1.82) is 0 Å². The van der Waals surface area contributed by atoms with Crippen molar-refractivity contribution in [2.75, 3.05) is 0 Å². The molecule has 2 rings (SSSR count). The van der Waals surface area contributed by atoms with Crippen LogP contribution in [0.4, 0.5) is 0 Å². The van der Waals surface area contributed by atoms with E-state index in [4.69, 9.17) is 5.14 Å². The molecule has 1 aromatic heterocycles. The van der Waals surface area contributed by atoms with E-state index in [0.29, 0.717) is 5.52 Å². The molecule has 0 fully saturated rings. The van der Waals surface area contributed by atoms with E-state index in [1.54, 1.807) is 6.07 Å². The molecule has 1 heterocycles. The van der Waals surface area contributed by atoms with E-state index in [-0.39, 0.29) is 4.90 Å². The molecule has 1 aromatic carbocycles. The molecule has 0 aliphatic carbocycles. The summed E-state index contributed by atoms with van der Waals surface area (Å²) in [5.41, 5.74) is 0.683. The number of sulfonamides is 1. The lowest BCUT2D eigenvalue weighted by molar-refractivity contribution is 0.598. The van der Waals surface area contributed by atoms with E-state index in [2.05, 4.69) is 0 Å². The third-order valence-corrected chi connectivity index (χ3v) is 3.34. The summed E-state index contributed by atoms with van der Waals surface area (Å²) in [7, 11) is -3.65. The molecule has 0 radical (unpaired) electrons. The van der Waals surface area contributed by atoms with Crippen LogP contribution in [0.2, 0.25) is 0 Å². The largest absolute Gasteiger partial charge is 0.347 e. The van der Waals surface area contributed by atoms with Crippen LogP contribution in [0.3, 0.4) is 0 Å². The molecule has 15 heavy (non-hydrogen) atoms. The Morgan fingerprint density at radius 2 is 2.07 bits per heavy atom. The number of hydrogen-bond donors (Lipinski definition) is 1. The fraction of sp³-hybridized carbons (Fsp3) is 0.200. The molecule has 4 nitrogen and oxygen atoms in total. The van der Waals surface area contributed by atoms with E-state index in [1.807, 2.05) is 29.8 Å². The number of benzene rings is 1. The van der Waals surface area contributed by atoms with Crippen LogP contribution in [0, 0.1) is 0 Å². The minimum atomic E-state index is -3.65. The van der Waals surface area contributed by atoms with Gasteiger partial charge in [-0.1, -0.05) is 12.1 Å². The highest BCUT2D eigenvalue weighted by atomic mass is 32.2. The summed E-state index contributed by atoms with van der Waals surface area (Å²) in [6.45, 7) is 2.68. The monoisotopic (exact) mass is 224 g/mol. The first-order chi connectivity index (χ1) is 7.04. The highest BCUT2D eigenvalue weighted by molar-refractivity contribution is 7.89. The van der Waals surface area contributed by atoms with Crippen LogP contribution < -0.4 is 5.14 Å². The van der Waals surface area contributed by atoms with Gasteiger partial charge in [-0.25, -0.2) is 13.6 Å². The number of aromatic nitrogens is 1. The highest BCUT2D eigenvalue weighted by Crippen LogP contribution is 2.23. The number of hydrogen-bond acceptors (Lipinski definition) is 2. The van der Waals surface area contributed by atoms with Crippen LogP contribution in [-0.4, -0.2) is 13.0 Å². The Bertz CT molecular complexity index is 599. The lowest BCUT2D eigenvalue weighted by Gasteiger charge is -2.05. The topological polar surface area (TPSA) is 65.1 Å². The summed E-state index contributed by atoms with van der Waals surface area (Å²) in [6, 6.07) is 6.98. The number of nitrogens with two attached hydrogens (primary N) is 1. The second kappa shape index (κ2) is 3.36. The van der Waals surface area contributed by atoms with Crippen molar-refractivity contribution in [2.45, 2.75) is 18.4 Å². The molecule has 0 saturated heterocycles. The molecule has 5 heteroatoms. The lowest BCUT2D eigenvalue weighted by atomic mass is 10.2. The van der Waals surface area contributed by atoms with E-state index >= 15 is 0 Å². The van der Waals surface area contributed by atoms with Gasteiger partial charge in [0.15, 0.2) is 0 Å². The van der Waals surface area contributed by atoms with Crippen LogP contribution in [0.25, 0.3) is 10.9 Å². The Morgan fingerprint density at radius 1 is 1.33 bits per heavy atom. The van der Waals surface area contributed by atoms with Gasteiger partial charge in [-0.15, -0.1) is 0 Å². The number of aryl methyl sites for hydroxylation is 1.